The highest BCUT2D eigenvalue weighted by atomic mass is 32.1. The molecule has 4 N–H and O–H groups in total. The predicted molar refractivity (Wildman–Crippen MR) is 419 cm³/mol. The van der Waals surface area contributed by atoms with Crippen LogP contribution in [0.15, 0.2) is 112 Å². The van der Waals surface area contributed by atoms with Crippen molar-refractivity contribution in [2.75, 3.05) is 195 Å². The number of para-hydroxylation sites is 2. The maximum absolute atomic E-state index is 14.4. The van der Waals surface area contributed by atoms with E-state index in [9.17, 15) is 43.8 Å². The van der Waals surface area contributed by atoms with Gasteiger partial charge in [0.25, 0.3) is 5.91 Å². The van der Waals surface area contributed by atoms with Crippen molar-refractivity contribution in [1.82, 2.24) is 10.6 Å². The van der Waals surface area contributed by atoms with Crippen LogP contribution in [0.1, 0.15) is 110 Å². The number of phenolic OH excluding ortho intramolecular Hbond substituents is 1. The van der Waals surface area contributed by atoms with E-state index in [1.807, 2.05) is 57.2 Å². The second-order valence-corrected chi connectivity index (χ2v) is 28.4. The Hall–Kier alpha value is -8.00. The summed E-state index contributed by atoms with van der Waals surface area (Å²) in [5, 5.41) is 26.8. The molecule has 0 spiro atoms. The summed E-state index contributed by atoms with van der Waals surface area (Å²) in [5.41, 5.74) is 4.50. The minimum atomic E-state index is -1.13. The highest BCUT2D eigenvalue weighted by Gasteiger charge is 2.39. The number of benzene rings is 5. The molecule has 4 aromatic carbocycles. The smallest absolute Gasteiger partial charge is 0.336 e. The lowest BCUT2D eigenvalue weighted by Crippen LogP contribution is -2.45. The molecule has 0 radical (unpaired) electrons. The maximum Gasteiger partial charge on any atom is 0.336 e. The number of nitrogens with zero attached hydrogens (tertiary/aromatic N) is 2. The van der Waals surface area contributed by atoms with E-state index in [2.05, 4.69) is 15.5 Å². The summed E-state index contributed by atoms with van der Waals surface area (Å²) in [7, 11) is 0. The molecule has 8 rings (SSSR count). The minimum absolute atomic E-state index is 0.0234. The molecule has 4 aliphatic rings. The van der Waals surface area contributed by atoms with E-state index < -0.39 is 17.3 Å². The van der Waals surface area contributed by atoms with Gasteiger partial charge in [0, 0.05) is 91.0 Å². The lowest BCUT2D eigenvalue weighted by atomic mass is 9.89. The zero-order valence-corrected chi connectivity index (χ0v) is 64.7. The third-order valence-corrected chi connectivity index (χ3v) is 18.8. The van der Waals surface area contributed by atoms with Crippen LogP contribution in [-0.4, -0.2) is 241 Å². The number of nitrogens with one attached hydrogen (secondary N) is 2. The van der Waals surface area contributed by atoms with Crippen LogP contribution < -0.4 is 25.9 Å². The van der Waals surface area contributed by atoms with Crippen LogP contribution in [0.5, 0.6) is 5.75 Å². The molecule has 2 heterocycles. The van der Waals surface area contributed by atoms with Gasteiger partial charge in [0.2, 0.25) is 11.8 Å². The number of fused-ring (bicyclic) bond motifs is 3. The number of aromatic hydroxyl groups is 1. The lowest BCUT2D eigenvalue weighted by Gasteiger charge is -2.37. The quantitative estimate of drug-likeness (QED) is 0.0157. The number of ether oxygens (including phenoxy) is 12. The molecule has 3 amide bonds. The topological polar surface area (TPSA) is 314 Å². The molecule has 1 saturated carbocycles. The minimum Gasteiger partial charge on any atom is -0.508 e. The van der Waals surface area contributed by atoms with E-state index in [1.165, 1.54) is 30.7 Å². The summed E-state index contributed by atoms with van der Waals surface area (Å²) < 4.78 is 72.7. The number of phenols is 1. The van der Waals surface area contributed by atoms with Gasteiger partial charge in [0.15, 0.2) is 11.2 Å². The predicted octanol–water partition coefficient (Wildman–Crippen LogP) is 9.72. The van der Waals surface area contributed by atoms with Crippen molar-refractivity contribution < 1.29 is 100 Å². The van der Waals surface area contributed by atoms with Crippen LogP contribution in [0.25, 0.3) is 33.4 Å². The van der Waals surface area contributed by atoms with Crippen LogP contribution in [0.4, 0.5) is 11.4 Å². The fourth-order valence-corrected chi connectivity index (χ4v) is 13.0. The van der Waals surface area contributed by atoms with Gasteiger partial charge in [-0.25, -0.2) is 4.79 Å². The summed E-state index contributed by atoms with van der Waals surface area (Å²) >= 11 is 5.64. The van der Waals surface area contributed by atoms with Gasteiger partial charge in [0.1, 0.15) is 22.9 Å². The van der Waals surface area contributed by atoms with Crippen LogP contribution in [-0.2, 0) is 88.9 Å². The van der Waals surface area contributed by atoms with Gasteiger partial charge in [-0.3, -0.25) is 28.8 Å². The highest BCUT2D eigenvalue weighted by Crippen LogP contribution is 2.43. The third kappa shape index (κ3) is 30.6. The molecule has 0 unspecified atom stereocenters. The summed E-state index contributed by atoms with van der Waals surface area (Å²) in [6, 6.07) is 29.1. The Kier molecular flexibility index (Phi) is 38.8. The van der Waals surface area contributed by atoms with Gasteiger partial charge in [-0.2, -0.15) is 0 Å². The number of aromatic carboxylic acids is 1. The molecule has 0 saturated heterocycles. The number of ketones is 2. The van der Waals surface area contributed by atoms with Crippen molar-refractivity contribution in [3.63, 3.8) is 0 Å². The van der Waals surface area contributed by atoms with Crippen molar-refractivity contribution in [1.29, 1.82) is 0 Å². The molecule has 2 aliphatic carbocycles. The number of amides is 3. The number of hydrogen-bond donors (Lipinski definition) is 4. The highest BCUT2D eigenvalue weighted by molar-refractivity contribution is 7.80. The van der Waals surface area contributed by atoms with Gasteiger partial charge in [0.05, 0.1) is 188 Å². The summed E-state index contributed by atoms with van der Waals surface area (Å²) in [5.74, 6) is -2.32. The number of Topliss-reactive ketones (excluding diaryl/α,β-unsaturated/α-hetero) is 2. The molecule has 0 aromatic heterocycles. The van der Waals surface area contributed by atoms with Crippen LogP contribution in [0.3, 0.4) is 0 Å². The number of carbonyl (C=O) groups excluding carboxylic acids is 5. The number of hydrogen-bond acceptors (Lipinski definition) is 23. The van der Waals surface area contributed by atoms with Crippen molar-refractivity contribution in [2.24, 2.45) is 11.3 Å². The number of carbonyl (C=O) groups is 6. The van der Waals surface area contributed by atoms with E-state index in [1.54, 1.807) is 47.4 Å². The first-order valence-corrected chi connectivity index (χ1v) is 38.7. The Balaban J connectivity index is 0.516. The zero-order chi connectivity index (χ0) is 78.1. The number of rotatable bonds is 55. The molecule has 27 heteroatoms. The first kappa shape index (κ1) is 87.6. The number of anilines is 2. The van der Waals surface area contributed by atoms with Crippen LogP contribution >= 0.6 is 12.2 Å². The number of carboxylic acids is 1. The third-order valence-electron chi connectivity index (χ3n) is 18.4. The maximum atomic E-state index is 14.4. The van der Waals surface area contributed by atoms with Crippen molar-refractivity contribution in [3.8, 4) is 28.2 Å². The lowest BCUT2D eigenvalue weighted by molar-refractivity contribution is -0.129. The Bertz CT molecular complexity index is 3880. The number of carboxylic acid groups (broad SMARTS) is 1. The van der Waals surface area contributed by atoms with E-state index in [0.717, 1.165) is 41.8 Å². The first-order chi connectivity index (χ1) is 53.4. The van der Waals surface area contributed by atoms with Crippen molar-refractivity contribution >= 4 is 74.7 Å². The standard InChI is InChI=1S/C83H110N4O22S/c1-83(2,3)77(91)59-87-74-17-8-7-16-73(74)86(64-13-5-4-6-14-64)58-63(81(87)94)55-67(90)52-60-11-9-12-62(51-60)80(93)85-26-28-98-30-32-100-34-36-102-38-40-104-42-44-106-46-48-108-50-49-107-47-45-105-43-41-103-39-37-101-35-33-99-31-29-97-27-24-78(92)84-25-10-15-68(110)53-61-18-21-69(72(54-61)82(95)96)79-70-22-19-65(88)56-75(70)109-76-57-66(89)20-23-71(76)79/h7-9,11-12,16-23,51,54,56-57,63-64,88H,4-6,10,13-15,24-50,52-53,55,58-59H2,1-3H3,(H,84,92)(H,85,93)(H,95,96)/t63-/m1/s1. The van der Waals surface area contributed by atoms with E-state index in [0.29, 0.717) is 229 Å². The van der Waals surface area contributed by atoms with Crippen molar-refractivity contribution in [2.45, 2.75) is 97.4 Å². The Labute approximate surface area is 649 Å². The van der Waals surface area contributed by atoms with Gasteiger partial charge < -0.3 is 91.9 Å². The molecule has 110 heavy (non-hydrogen) atoms. The second-order valence-electron chi connectivity index (χ2n) is 27.9. The van der Waals surface area contributed by atoms with Crippen LogP contribution in [0.2, 0.25) is 0 Å². The Morgan fingerprint density at radius 3 is 1.65 bits per heavy atom. The van der Waals surface area contributed by atoms with Crippen LogP contribution in [0, 0.1) is 11.3 Å². The Morgan fingerprint density at radius 2 is 1.08 bits per heavy atom. The summed E-state index contributed by atoms with van der Waals surface area (Å²) in [4.78, 5) is 96.6. The number of thiocarbonyl (C=S) groups is 1. The molecule has 26 nitrogen and oxygen atoms in total. The normalized spacial score (nSPS) is 14.1. The van der Waals surface area contributed by atoms with Gasteiger partial charge in [-0.05, 0) is 102 Å². The molecule has 4 aromatic rings. The molecular weight excluding hydrogens is 1440 g/mol. The van der Waals surface area contributed by atoms with Crippen molar-refractivity contribution in [3.05, 3.63) is 136 Å². The SMILES string of the molecule is CC(C)(C)C(=O)CN1C(=O)[C@H](CC(=O)Cc2cccc(C(=O)NCCOCCOCCOCCOCCOCCOCCOCCOCCOCCOCCOCCOCCC(=O)NCCCC(=S)Cc3ccc(-c4c5ccc(=O)cc-5oc5cc(O)ccc45)c(C(=O)O)c3)c2)CN(C2CCCCC2)c2ccccc21. The van der Waals surface area contributed by atoms with Gasteiger partial charge >= 0.3 is 5.97 Å². The largest absolute Gasteiger partial charge is 0.508 e. The fraction of sp³-hybridized carbons (Fsp3) is 0.542. The molecule has 1 atom stereocenters. The molecule has 600 valence electrons. The van der Waals surface area contributed by atoms with E-state index in [-0.39, 0.29) is 96.8 Å². The Morgan fingerprint density at radius 1 is 0.545 bits per heavy atom. The first-order valence-electron chi connectivity index (χ1n) is 38.3. The molecular formula is C83H110N4O22S. The molecule has 1 fully saturated rings. The molecule has 0 bridgehead atoms. The zero-order valence-electron chi connectivity index (χ0n) is 63.9. The average Bonchev–Trinajstić information content (AvgIpc) is 0.864. The second kappa shape index (κ2) is 48.7. The van der Waals surface area contributed by atoms with Gasteiger partial charge in [-0.15, -0.1) is 0 Å². The summed E-state index contributed by atoms with van der Waals surface area (Å²) in [6.07, 6.45) is 7.26. The monoisotopic (exact) mass is 1550 g/mol. The fourth-order valence-electron chi connectivity index (χ4n) is 12.7. The summed E-state index contributed by atoms with van der Waals surface area (Å²) in [6.45, 7) is 16.3. The molecule has 2 aliphatic heterocycles. The van der Waals surface area contributed by atoms with E-state index in [4.69, 9.17) is 73.5 Å². The van der Waals surface area contributed by atoms with E-state index >= 15 is 0 Å². The average molecular weight is 1550 g/mol. The van der Waals surface area contributed by atoms with Gasteiger partial charge in [-0.1, -0.05) is 88.6 Å².